The third-order valence-corrected chi connectivity index (χ3v) is 1.73. The van der Waals surface area contributed by atoms with Crippen LogP contribution >= 0.6 is 0 Å². The molecule has 0 spiro atoms. The van der Waals surface area contributed by atoms with Crippen molar-refractivity contribution in [2.45, 2.75) is 27.7 Å². The lowest BCUT2D eigenvalue weighted by molar-refractivity contribution is 0.166. The van der Waals surface area contributed by atoms with Crippen LogP contribution < -0.4 is 0 Å². The number of hydrogen-bond donors (Lipinski definition) is 0. The molecule has 1 aromatic heterocycles. The molecule has 4 nitrogen and oxygen atoms in total. The third-order valence-electron chi connectivity index (χ3n) is 1.73. The molecule has 0 amide bonds. The average Bonchev–Trinajstić information content (AvgIpc) is 2.54. The monoisotopic (exact) mass is 195 g/mol. The Morgan fingerprint density at radius 3 is 2.64 bits per heavy atom. The molecule has 4 heteroatoms. The molecule has 0 saturated carbocycles. The molecule has 0 unspecified atom stereocenters. The summed E-state index contributed by atoms with van der Waals surface area (Å²) in [5.41, 5.74) is -0.0119. The maximum atomic E-state index is 5.55. The van der Waals surface area contributed by atoms with Gasteiger partial charge in [0.1, 0.15) is 18.4 Å². The highest BCUT2D eigenvalue weighted by atomic mass is 16.5. The van der Waals surface area contributed by atoms with Crippen LogP contribution in [0.25, 0.3) is 6.20 Å². The number of ether oxygens (including phenoxy) is 1. The Bertz CT molecular complexity index is 296. The molecule has 0 saturated heterocycles. The van der Waals surface area contributed by atoms with Crippen molar-refractivity contribution in [2.24, 2.45) is 5.41 Å². The summed E-state index contributed by atoms with van der Waals surface area (Å²) in [7, 11) is 0. The number of aromatic nitrogens is 3. The Hall–Kier alpha value is -1.32. The van der Waals surface area contributed by atoms with Crippen molar-refractivity contribution >= 4 is 6.20 Å². The van der Waals surface area contributed by atoms with E-state index in [4.69, 9.17) is 4.74 Å². The number of hydrogen-bond acceptors (Lipinski definition) is 3. The molecule has 0 radical (unpaired) electrons. The highest BCUT2D eigenvalue weighted by Crippen LogP contribution is 2.26. The van der Waals surface area contributed by atoms with Gasteiger partial charge in [-0.1, -0.05) is 20.8 Å². The molecular formula is C10H17N3O. The molecule has 1 aromatic rings. The van der Waals surface area contributed by atoms with E-state index in [9.17, 15) is 0 Å². The molecule has 0 aromatic carbocycles. The zero-order chi connectivity index (χ0) is 10.6. The first-order chi connectivity index (χ1) is 6.54. The molecule has 0 bridgehead atoms. The summed E-state index contributed by atoms with van der Waals surface area (Å²) in [4.78, 5) is 3.87. The highest BCUT2D eigenvalue weighted by Gasteiger charge is 2.18. The van der Waals surface area contributed by atoms with Gasteiger partial charge in [-0.3, -0.25) is 0 Å². The lowest BCUT2D eigenvalue weighted by Crippen LogP contribution is -2.13. The summed E-state index contributed by atoms with van der Waals surface area (Å²) in [6.07, 6.45) is 5.00. The predicted molar refractivity (Wildman–Crippen MR) is 55.4 cm³/mol. The molecule has 78 valence electrons. The van der Waals surface area contributed by atoms with Gasteiger partial charge in [-0.25, -0.2) is 9.67 Å². The molecule has 0 aliphatic rings. The fourth-order valence-corrected chi connectivity index (χ4v) is 1.01. The first kappa shape index (κ1) is 10.8. The van der Waals surface area contributed by atoms with Crippen LogP contribution in [0.3, 0.4) is 0 Å². The van der Waals surface area contributed by atoms with Gasteiger partial charge >= 0.3 is 0 Å². The van der Waals surface area contributed by atoms with E-state index in [1.54, 1.807) is 11.0 Å². The minimum atomic E-state index is -0.0119. The van der Waals surface area contributed by atoms with Crippen molar-refractivity contribution in [3.63, 3.8) is 0 Å². The second-order valence-electron chi connectivity index (χ2n) is 4.05. The highest BCUT2D eigenvalue weighted by molar-refractivity contribution is 5.27. The van der Waals surface area contributed by atoms with Gasteiger partial charge in [0.25, 0.3) is 0 Å². The maximum Gasteiger partial charge on any atom is 0.138 e. The van der Waals surface area contributed by atoms with Crippen molar-refractivity contribution in [1.29, 1.82) is 0 Å². The van der Waals surface area contributed by atoms with Gasteiger partial charge in [-0.15, -0.1) is 0 Å². The number of rotatable bonds is 3. The minimum absolute atomic E-state index is 0.0119. The summed E-state index contributed by atoms with van der Waals surface area (Å²) in [5, 5.41) is 4.00. The van der Waals surface area contributed by atoms with Crippen LogP contribution in [0, 0.1) is 5.41 Å². The third kappa shape index (κ3) is 2.87. The smallest absolute Gasteiger partial charge is 0.138 e. The SMILES string of the molecule is CCO/C(=C/n1cncn1)C(C)(C)C. The van der Waals surface area contributed by atoms with Crippen molar-refractivity contribution in [3.05, 3.63) is 18.4 Å². The molecule has 0 atom stereocenters. The van der Waals surface area contributed by atoms with Crippen LogP contribution in [-0.2, 0) is 4.74 Å². The lowest BCUT2D eigenvalue weighted by atomic mass is 9.94. The Kier molecular flexibility index (Phi) is 3.28. The Balaban J connectivity index is 2.88. The largest absolute Gasteiger partial charge is 0.496 e. The van der Waals surface area contributed by atoms with E-state index >= 15 is 0 Å². The summed E-state index contributed by atoms with van der Waals surface area (Å²) >= 11 is 0. The fraction of sp³-hybridized carbons (Fsp3) is 0.600. The molecule has 14 heavy (non-hydrogen) atoms. The van der Waals surface area contributed by atoms with E-state index in [1.807, 2.05) is 13.1 Å². The summed E-state index contributed by atoms with van der Waals surface area (Å²) in [5.74, 6) is 0.908. The van der Waals surface area contributed by atoms with Crippen molar-refractivity contribution in [1.82, 2.24) is 14.8 Å². The van der Waals surface area contributed by atoms with E-state index in [1.165, 1.54) is 6.33 Å². The molecular weight excluding hydrogens is 178 g/mol. The molecule has 0 N–H and O–H groups in total. The van der Waals surface area contributed by atoms with Gasteiger partial charge in [0, 0.05) is 5.41 Å². The molecule has 0 aliphatic heterocycles. The van der Waals surface area contributed by atoms with E-state index in [0.29, 0.717) is 6.61 Å². The van der Waals surface area contributed by atoms with Gasteiger partial charge in [0.2, 0.25) is 0 Å². The molecule has 1 rings (SSSR count). The average molecular weight is 195 g/mol. The van der Waals surface area contributed by atoms with Crippen LogP contribution in [0.1, 0.15) is 27.7 Å². The molecule has 0 fully saturated rings. The van der Waals surface area contributed by atoms with Crippen LogP contribution in [0.4, 0.5) is 0 Å². The first-order valence-electron chi connectivity index (χ1n) is 4.73. The van der Waals surface area contributed by atoms with Crippen molar-refractivity contribution < 1.29 is 4.74 Å². The standard InChI is InChI=1S/C10H17N3O/c1-5-14-9(10(2,3)4)6-13-8-11-7-12-13/h6-8H,5H2,1-4H3/b9-6+. The van der Waals surface area contributed by atoms with Gasteiger partial charge in [0.05, 0.1) is 12.8 Å². The second kappa shape index (κ2) is 4.26. The summed E-state index contributed by atoms with van der Waals surface area (Å²) in [6.45, 7) is 8.95. The van der Waals surface area contributed by atoms with Gasteiger partial charge in [-0.05, 0) is 6.92 Å². The van der Waals surface area contributed by atoms with E-state index < -0.39 is 0 Å². The van der Waals surface area contributed by atoms with Crippen molar-refractivity contribution in [2.75, 3.05) is 6.61 Å². The predicted octanol–water partition coefficient (Wildman–Crippen LogP) is 2.16. The molecule has 0 aliphatic carbocycles. The van der Waals surface area contributed by atoms with E-state index in [0.717, 1.165) is 5.76 Å². The van der Waals surface area contributed by atoms with Crippen LogP contribution in [0.5, 0.6) is 0 Å². The van der Waals surface area contributed by atoms with Gasteiger partial charge in [-0.2, -0.15) is 5.10 Å². The van der Waals surface area contributed by atoms with Crippen LogP contribution in [-0.4, -0.2) is 21.4 Å². The van der Waals surface area contributed by atoms with Crippen LogP contribution in [0.2, 0.25) is 0 Å². The lowest BCUT2D eigenvalue weighted by Gasteiger charge is -2.22. The Morgan fingerprint density at radius 2 is 2.21 bits per heavy atom. The maximum absolute atomic E-state index is 5.55. The summed E-state index contributed by atoms with van der Waals surface area (Å²) in [6, 6.07) is 0. The fourth-order valence-electron chi connectivity index (χ4n) is 1.01. The van der Waals surface area contributed by atoms with E-state index in [-0.39, 0.29) is 5.41 Å². The Labute approximate surface area is 84.6 Å². The number of nitrogens with zero attached hydrogens (tertiary/aromatic N) is 3. The molecule has 1 heterocycles. The zero-order valence-electron chi connectivity index (χ0n) is 9.19. The Morgan fingerprint density at radius 1 is 1.50 bits per heavy atom. The second-order valence-corrected chi connectivity index (χ2v) is 4.05. The number of allylic oxidation sites excluding steroid dienone is 1. The normalized spacial score (nSPS) is 13.0. The zero-order valence-corrected chi connectivity index (χ0v) is 9.19. The van der Waals surface area contributed by atoms with Gasteiger partial charge < -0.3 is 4.74 Å². The minimum Gasteiger partial charge on any atom is -0.496 e. The van der Waals surface area contributed by atoms with Crippen LogP contribution in [0.15, 0.2) is 18.4 Å². The first-order valence-corrected chi connectivity index (χ1v) is 4.73. The quantitative estimate of drug-likeness (QED) is 0.694. The van der Waals surface area contributed by atoms with E-state index in [2.05, 4.69) is 30.9 Å². The van der Waals surface area contributed by atoms with Crippen molar-refractivity contribution in [3.8, 4) is 0 Å². The topological polar surface area (TPSA) is 39.9 Å². The van der Waals surface area contributed by atoms with Gasteiger partial charge in [0.15, 0.2) is 0 Å². The summed E-state index contributed by atoms with van der Waals surface area (Å²) < 4.78 is 7.20.